The third kappa shape index (κ3) is 5.08. The van der Waals surface area contributed by atoms with Gasteiger partial charge in [-0.25, -0.2) is 0 Å². The molecule has 3 aromatic heterocycles. The highest BCUT2D eigenvalue weighted by Gasteiger charge is 2.15. The van der Waals surface area contributed by atoms with Gasteiger partial charge in [0, 0.05) is 19.5 Å². The number of unbranched alkanes of at least 4 members (excludes halogenated alkanes) is 5. The lowest BCUT2D eigenvalue weighted by Crippen LogP contribution is -1.86. The summed E-state index contributed by atoms with van der Waals surface area (Å²) in [7, 11) is 0. The summed E-state index contributed by atoms with van der Waals surface area (Å²) in [4.78, 5) is 6.36. The van der Waals surface area contributed by atoms with Gasteiger partial charge in [-0.2, -0.15) is 10.5 Å². The number of hydrogen-bond donors (Lipinski definition) is 0. The lowest BCUT2D eigenvalue weighted by atomic mass is 10.0. The van der Waals surface area contributed by atoms with E-state index >= 15 is 0 Å². The van der Waals surface area contributed by atoms with Crippen molar-refractivity contribution in [1.82, 2.24) is 0 Å². The first-order valence-corrected chi connectivity index (χ1v) is 11.8. The third-order valence-corrected chi connectivity index (χ3v) is 8.04. The van der Waals surface area contributed by atoms with Crippen LogP contribution in [-0.2, 0) is 6.42 Å². The minimum Gasteiger partial charge on any atom is -0.192 e. The average molecular weight is 411 g/mol. The van der Waals surface area contributed by atoms with E-state index in [9.17, 15) is 0 Å². The molecular weight excluding hydrogens is 388 g/mol. The zero-order valence-corrected chi connectivity index (χ0v) is 17.9. The molecule has 0 aliphatic carbocycles. The van der Waals surface area contributed by atoms with E-state index < -0.39 is 0 Å². The van der Waals surface area contributed by atoms with Crippen LogP contribution in [0.3, 0.4) is 0 Å². The van der Waals surface area contributed by atoms with Crippen LogP contribution >= 0.6 is 34.0 Å². The summed E-state index contributed by atoms with van der Waals surface area (Å²) < 4.78 is 0. The second-order valence-electron chi connectivity index (χ2n) is 6.53. The molecule has 0 spiro atoms. The van der Waals surface area contributed by atoms with Crippen molar-refractivity contribution in [2.75, 3.05) is 0 Å². The Balaban J connectivity index is 1.81. The first-order chi connectivity index (χ1) is 13.2. The SMILES string of the molecule is CCCCCCCCc1cc(-c2ccc(C#N)s2)sc1-c1ccc(C#N)s1. The summed E-state index contributed by atoms with van der Waals surface area (Å²) >= 11 is 4.91. The van der Waals surface area contributed by atoms with Crippen molar-refractivity contribution in [3.8, 4) is 31.6 Å². The largest absolute Gasteiger partial charge is 0.192 e. The number of thiophene rings is 3. The van der Waals surface area contributed by atoms with Gasteiger partial charge in [0.2, 0.25) is 0 Å². The maximum Gasteiger partial charge on any atom is 0.110 e. The van der Waals surface area contributed by atoms with Gasteiger partial charge < -0.3 is 0 Å². The van der Waals surface area contributed by atoms with Crippen molar-refractivity contribution >= 4 is 34.0 Å². The number of rotatable bonds is 9. The fourth-order valence-electron chi connectivity index (χ4n) is 3.09. The van der Waals surface area contributed by atoms with Gasteiger partial charge in [0.15, 0.2) is 0 Å². The van der Waals surface area contributed by atoms with E-state index in [2.05, 4.69) is 31.2 Å². The van der Waals surface area contributed by atoms with Crippen molar-refractivity contribution in [1.29, 1.82) is 10.5 Å². The van der Waals surface area contributed by atoms with Gasteiger partial charge in [-0.15, -0.1) is 34.0 Å². The van der Waals surface area contributed by atoms with E-state index in [1.54, 1.807) is 34.0 Å². The molecule has 0 bridgehead atoms. The van der Waals surface area contributed by atoms with Gasteiger partial charge in [-0.05, 0) is 48.7 Å². The Hall–Kier alpha value is -1.92. The first kappa shape index (κ1) is 19.8. The molecule has 3 heterocycles. The molecule has 0 aliphatic rings. The molecule has 0 atom stereocenters. The summed E-state index contributed by atoms with van der Waals surface area (Å²) in [6.07, 6.45) is 8.82. The maximum atomic E-state index is 9.16. The number of hydrogen-bond acceptors (Lipinski definition) is 5. The molecule has 0 radical (unpaired) electrons. The van der Waals surface area contributed by atoms with Crippen LogP contribution < -0.4 is 0 Å². The summed E-state index contributed by atoms with van der Waals surface area (Å²) in [5.41, 5.74) is 1.38. The minimum absolute atomic E-state index is 0.750. The Morgan fingerprint density at radius 3 is 2.04 bits per heavy atom. The lowest BCUT2D eigenvalue weighted by molar-refractivity contribution is 0.608. The van der Waals surface area contributed by atoms with Crippen LogP contribution in [0.4, 0.5) is 0 Å². The Bertz CT molecular complexity index is 963. The van der Waals surface area contributed by atoms with Crippen molar-refractivity contribution in [2.24, 2.45) is 0 Å². The van der Waals surface area contributed by atoms with E-state index in [4.69, 9.17) is 10.5 Å². The van der Waals surface area contributed by atoms with Crippen molar-refractivity contribution in [3.05, 3.63) is 45.6 Å². The highest BCUT2D eigenvalue weighted by Crippen LogP contribution is 2.43. The highest BCUT2D eigenvalue weighted by atomic mass is 32.1. The Morgan fingerprint density at radius 1 is 0.741 bits per heavy atom. The number of aryl methyl sites for hydroxylation is 1. The standard InChI is InChI=1S/C22H22N2S3/c1-2-3-4-5-6-7-8-16-13-21(19-11-9-17(14-23)25-19)27-22(16)20-12-10-18(15-24)26-20/h9-13H,2-8H2,1H3. The molecule has 3 aromatic rings. The topological polar surface area (TPSA) is 47.6 Å². The second kappa shape index (κ2) is 9.85. The van der Waals surface area contributed by atoms with Crippen LogP contribution in [0.1, 0.15) is 60.8 Å². The van der Waals surface area contributed by atoms with E-state index in [-0.39, 0.29) is 0 Å². The molecule has 0 saturated heterocycles. The van der Waals surface area contributed by atoms with Crippen molar-refractivity contribution in [3.63, 3.8) is 0 Å². The molecular formula is C22H22N2S3. The number of nitrogens with zero attached hydrogens (tertiary/aromatic N) is 2. The van der Waals surface area contributed by atoms with E-state index in [1.807, 2.05) is 18.2 Å². The zero-order chi connectivity index (χ0) is 19.1. The fraction of sp³-hybridized carbons (Fsp3) is 0.364. The smallest absolute Gasteiger partial charge is 0.110 e. The van der Waals surface area contributed by atoms with Crippen molar-refractivity contribution < 1.29 is 0 Å². The van der Waals surface area contributed by atoms with E-state index in [0.29, 0.717) is 0 Å². The van der Waals surface area contributed by atoms with Crippen molar-refractivity contribution in [2.45, 2.75) is 51.9 Å². The molecule has 5 heteroatoms. The molecule has 3 rings (SSSR count). The van der Waals surface area contributed by atoms with Crippen LogP contribution in [0.2, 0.25) is 0 Å². The predicted octanol–water partition coefficient (Wildman–Crippen LogP) is 7.85. The summed E-state index contributed by atoms with van der Waals surface area (Å²) in [6, 6.07) is 14.7. The second-order valence-corrected chi connectivity index (χ2v) is 9.75. The first-order valence-electron chi connectivity index (χ1n) is 9.38. The number of nitriles is 2. The molecule has 0 unspecified atom stereocenters. The third-order valence-electron chi connectivity index (χ3n) is 4.51. The molecule has 0 fully saturated rings. The minimum atomic E-state index is 0.750. The molecule has 27 heavy (non-hydrogen) atoms. The molecule has 138 valence electrons. The Morgan fingerprint density at radius 2 is 1.37 bits per heavy atom. The molecule has 0 saturated carbocycles. The summed E-state index contributed by atoms with van der Waals surface area (Å²) in [6.45, 7) is 2.25. The zero-order valence-electron chi connectivity index (χ0n) is 15.5. The van der Waals surface area contributed by atoms with Crippen LogP contribution in [0.25, 0.3) is 19.5 Å². The van der Waals surface area contributed by atoms with Crippen LogP contribution in [0.15, 0.2) is 30.3 Å². The summed E-state index contributed by atoms with van der Waals surface area (Å²) in [5, 5.41) is 18.3. The van der Waals surface area contributed by atoms with E-state index in [0.717, 1.165) is 21.1 Å². The molecule has 0 aliphatic heterocycles. The molecule has 2 nitrogen and oxygen atoms in total. The molecule has 0 aromatic carbocycles. The van der Waals surface area contributed by atoms with Crippen LogP contribution in [-0.4, -0.2) is 0 Å². The van der Waals surface area contributed by atoms with Gasteiger partial charge in [0.05, 0.1) is 0 Å². The van der Waals surface area contributed by atoms with Gasteiger partial charge in [-0.1, -0.05) is 39.0 Å². The van der Waals surface area contributed by atoms with E-state index in [1.165, 1.54) is 58.7 Å². The Kier molecular flexibility index (Phi) is 7.24. The van der Waals surface area contributed by atoms with Gasteiger partial charge in [-0.3, -0.25) is 0 Å². The van der Waals surface area contributed by atoms with Crippen LogP contribution in [0, 0.1) is 22.7 Å². The molecule has 0 N–H and O–H groups in total. The predicted molar refractivity (Wildman–Crippen MR) is 117 cm³/mol. The summed E-state index contributed by atoms with van der Waals surface area (Å²) in [5.74, 6) is 0. The van der Waals surface area contributed by atoms with Crippen LogP contribution in [0.5, 0.6) is 0 Å². The lowest BCUT2D eigenvalue weighted by Gasteiger charge is -2.02. The van der Waals surface area contributed by atoms with Gasteiger partial charge in [0.1, 0.15) is 21.9 Å². The monoisotopic (exact) mass is 410 g/mol. The normalized spacial score (nSPS) is 10.6. The highest BCUT2D eigenvalue weighted by molar-refractivity contribution is 7.26. The van der Waals surface area contributed by atoms with Gasteiger partial charge in [0.25, 0.3) is 0 Å². The maximum absolute atomic E-state index is 9.16. The molecule has 0 amide bonds. The fourth-order valence-corrected chi connectivity index (χ4v) is 6.13. The quantitative estimate of drug-likeness (QED) is 0.337. The Labute approximate surface area is 173 Å². The average Bonchev–Trinajstić information content (AvgIpc) is 3.42. The van der Waals surface area contributed by atoms with Gasteiger partial charge >= 0.3 is 0 Å².